The Morgan fingerprint density at radius 1 is 1.40 bits per heavy atom. The SMILES string of the molecule is CC(C)NCCCS(=O)(=O)N(C)C1CC1. The fraction of sp³-hybridized carbons (Fsp3) is 1.00. The summed E-state index contributed by atoms with van der Waals surface area (Å²) in [4.78, 5) is 0. The van der Waals surface area contributed by atoms with E-state index in [9.17, 15) is 8.42 Å². The Bertz CT molecular complexity index is 284. The minimum atomic E-state index is -3.00. The molecule has 1 rings (SSSR count). The van der Waals surface area contributed by atoms with Gasteiger partial charge < -0.3 is 5.32 Å². The van der Waals surface area contributed by atoms with Gasteiger partial charge in [0.2, 0.25) is 10.0 Å². The maximum absolute atomic E-state index is 11.8. The lowest BCUT2D eigenvalue weighted by Crippen LogP contribution is -2.33. The van der Waals surface area contributed by atoms with E-state index in [0.717, 1.165) is 19.4 Å². The first-order chi connectivity index (χ1) is 6.93. The van der Waals surface area contributed by atoms with E-state index in [2.05, 4.69) is 19.2 Å². The lowest BCUT2D eigenvalue weighted by molar-refractivity contribution is 0.461. The zero-order valence-electron chi connectivity index (χ0n) is 9.86. The van der Waals surface area contributed by atoms with Crippen LogP contribution in [0.2, 0.25) is 0 Å². The zero-order valence-corrected chi connectivity index (χ0v) is 10.7. The van der Waals surface area contributed by atoms with Crippen LogP contribution in [0.3, 0.4) is 0 Å². The van der Waals surface area contributed by atoms with Crippen molar-refractivity contribution < 1.29 is 8.42 Å². The average Bonchev–Trinajstić information content (AvgIpc) is 2.94. The smallest absolute Gasteiger partial charge is 0.214 e. The van der Waals surface area contributed by atoms with E-state index in [4.69, 9.17) is 0 Å². The number of nitrogens with one attached hydrogen (secondary N) is 1. The Hall–Kier alpha value is -0.130. The van der Waals surface area contributed by atoms with Crippen molar-refractivity contribution in [1.82, 2.24) is 9.62 Å². The van der Waals surface area contributed by atoms with Crippen molar-refractivity contribution in [1.29, 1.82) is 0 Å². The summed E-state index contributed by atoms with van der Waals surface area (Å²) < 4.78 is 25.1. The van der Waals surface area contributed by atoms with Crippen LogP contribution in [0.5, 0.6) is 0 Å². The molecule has 1 saturated carbocycles. The fourth-order valence-electron chi connectivity index (χ4n) is 1.45. The van der Waals surface area contributed by atoms with Crippen LogP contribution in [0.1, 0.15) is 33.1 Å². The molecule has 0 aromatic rings. The van der Waals surface area contributed by atoms with E-state index >= 15 is 0 Å². The lowest BCUT2D eigenvalue weighted by atomic mass is 10.4. The van der Waals surface area contributed by atoms with E-state index in [1.54, 1.807) is 11.4 Å². The molecule has 0 atom stereocenters. The van der Waals surface area contributed by atoms with Gasteiger partial charge in [-0.25, -0.2) is 12.7 Å². The largest absolute Gasteiger partial charge is 0.314 e. The third kappa shape index (κ3) is 4.49. The predicted molar refractivity (Wildman–Crippen MR) is 62.3 cm³/mol. The van der Waals surface area contributed by atoms with Gasteiger partial charge in [-0.2, -0.15) is 0 Å². The molecular formula is C10H22N2O2S. The van der Waals surface area contributed by atoms with Crippen molar-refractivity contribution in [3.8, 4) is 0 Å². The molecule has 1 aliphatic rings. The Morgan fingerprint density at radius 2 is 2.00 bits per heavy atom. The summed E-state index contributed by atoms with van der Waals surface area (Å²) in [6, 6.07) is 0.710. The third-order valence-electron chi connectivity index (χ3n) is 2.63. The Labute approximate surface area is 93.1 Å². The molecule has 0 spiro atoms. The van der Waals surface area contributed by atoms with Crippen molar-refractivity contribution in [3.63, 3.8) is 0 Å². The molecule has 90 valence electrons. The molecule has 1 N–H and O–H groups in total. The first kappa shape index (κ1) is 12.9. The van der Waals surface area contributed by atoms with Gasteiger partial charge in [0.1, 0.15) is 0 Å². The van der Waals surface area contributed by atoms with Crippen molar-refractivity contribution >= 4 is 10.0 Å². The first-order valence-electron chi connectivity index (χ1n) is 5.62. The number of hydrogen-bond acceptors (Lipinski definition) is 3. The van der Waals surface area contributed by atoms with E-state index in [1.165, 1.54) is 0 Å². The van der Waals surface area contributed by atoms with Crippen LogP contribution < -0.4 is 5.32 Å². The summed E-state index contributed by atoms with van der Waals surface area (Å²) in [7, 11) is -1.30. The normalized spacial score (nSPS) is 17.7. The third-order valence-corrected chi connectivity index (χ3v) is 4.61. The number of sulfonamides is 1. The molecule has 0 aromatic carbocycles. The lowest BCUT2D eigenvalue weighted by Gasteiger charge is -2.16. The molecule has 0 saturated heterocycles. The monoisotopic (exact) mass is 234 g/mol. The molecule has 1 aliphatic carbocycles. The molecule has 4 nitrogen and oxygen atoms in total. The van der Waals surface area contributed by atoms with Crippen molar-refractivity contribution in [2.45, 2.75) is 45.2 Å². The van der Waals surface area contributed by atoms with Gasteiger partial charge in [0.05, 0.1) is 5.75 Å². The summed E-state index contributed by atoms with van der Waals surface area (Å²) in [6.45, 7) is 4.89. The minimum Gasteiger partial charge on any atom is -0.314 e. The molecule has 0 unspecified atom stereocenters. The van der Waals surface area contributed by atoms with Crippen molar-refractivity contribution in [2.24, 2.45) is 0 Å². The number of nitrogens with zero attached hydrogens (tertiary/aromatic N) is 1. The molecular weight excluding hydrogens is 212 g/mol. The van der Waals surface area contributed by atoms with Gasteiger partial charge in [0.25, 0.3) is 0 Å². The summed E-state index contributed by atoms with van der Waals surface area (Å²) in [5.41, 5.74) is 0. The molecule has 0 radical (unpaired) electrons. The second-order valence-electron chi connectivity index (χ2n) is 4.53. The molecule has 0 heterocycles. The quantitative estimate of drug-likeness (QED) is 0.663. The van der Waals surface area contributed by atoms with Crippen LogP contribution in [-0.2, 0) is 10.0 Å². The van der Waals surface area contributed by atoms with Crippen LogP contribution in [0, 0.1) is 0 Å². The summed E-state index contributed by atoms with van der Waals surface area (Å²) >= 11 is 0. The zero-order chi connectivity index (χ0) is 11.5. The van der Waals surface area contributed by atoms with Gasteiger partial charge in [-0.15, -0.1) is 0 Å². The maximum atomic E-state index is 11.8. The molecule has 0 amide bonds. The van der Waals surface area contributed by atoms with Gasteiger partial charge in [-0.1, -0.05) is 13.8 Å². The van der Waals surface area contributed by atoms with E-state index < -0.39 is 10.0 Å². The molecule has 1 fully saturated rings. The summed E-state index contributed by atoms with van der Waals surface area (Å²) in [5, 5.41) is 3.22. The van der Waals surface area contributed by atoms with Gasteiger partial charge in [-0.05, 0) is 25.8 Å². The highest BCUT2D eigenvalue weighted by Crippen LogP contribution is 2.27. The van der Waals surface area contributed by atoms with E-state index in [-0.39, 0.29) is 11.8 Å². The van der Waals surface area contributed by atoms with Gasteiger partial charge in [0, 0.05) is 19.1 Å². The highest BCUT2D eigenvalue weighted by molar-refractivity contribution is 7.89. The van der Waals surface area contributed by atoms with Crippen LogP contribution in [0.15, 0.2) is 0 Å². The summed E-state index contributed by atoms with van der Waals surface area (Å²) in [5.74, 6) is 0.264. The van der Waals surface area contributed by atoms with Crippen molar-refractivity contribution in [2.75, 3.05) is 19.3 Å². The van der Waals surface area contributed by atoms with Gasteiger partial charge in [-0.3, -0.25) is 0 Å². The Kier molecular flexibility index (Phi) is 4.55. The van der Waals surface area contributed by atoms with Gasteiger partial charge in [0.15, 0.2) is 0 Å². The highest BCUT2D eigenvalue weighted by Gasteiger charge is 2.33. The average molecular weight is 234 g/mol. The second-order valence-corrected chi connectivity index (χ2v) is 6.67. The van der Waals surface area contributed by atoms with Crippen molar-refractivity contribution in [3.05, 3.63) is 0 Å². The molecule has 5 heteroatoms. The maximum Gasteiger partial charge on any atom is 0.214 e. The first-order valence-corrected chi connectivity index (χ1v) is 7.23. The Morgan fingerprint density at radius 3 is 2.47 bits per heavy atom. The molecule has 15 heavy (non-hydrogen) atoms. The van der Waals surface area contributed by atoms with Crippen LogP contribution >= 0.6 is 0 Å². The summed E-state index contributed by atoms with van der Waals surface area (Å²) in [6.07, 6.45) is 2.75. The molecule has 0 aliphatic heterocycles. The molecule has 0 bridgehead atoms. The Balaban J connectivity index is 2.24. The number of hydrogen-bond donors (Lipinski definition) is 1. The van der Waals surface area contributed by atoms with Gasteiger partial charge >= 0.3 is 0 Å². The van der Waals surface area contributed by atoms with E-state index in [0.29, 0.717) is 12.5 Å². The molecule has 0 aromatic heterocycles. The highest BCUT2D eigenvalue weighted by atomic mass is 32.2. The predicted octanol–water partition coefficient (Wildman–Crippen LogP) is 0.798. The van der Waals surface area contributed by atoms with Crippen LogP contribution in [0.25, 0.3) is 0 Å². The van der Waals surface area contributed by atoms with Crippen LogP contribution in [0.4, 0.5) is 0 Å². The fourth-order valence-corrected chi connectivity index (χ4v) is 2.92. The minimum absolute atomic E-state index is 0.264. The second kappa shape index (κ2) is 5.27. The number of rotatable bonds is 7. The standard InChI is InChI=1S/C10H22N2O2S/c1-9(2)11-7-4-8-15(13,14)12(3)10-5-6-10/h9-11H,4-8H2,1-3H3. The topological polar surface area (TPSA) is 49.4 Å². The van der Waals surface area contributed by atoms with E-state index in [1.807, 2.05) is 0 Å². The van der Waals surface area contributed by atoms with Crippen LogP contribution in [-0.4, -0.2) is 44.2 Å².